The van der Waals surface area contributed by atoms with Crippen molar-refractivity contribution in [1.82, 2.24) is 4.90 Å². The second kappa shape index (κ2) is 8.81. The number of halogens is 1. The fraction of sp³-hybridized carbons (Fsp3) is 0.500. The minimum absolute atomic E-state index is 0.286. The summed E-state index contributed by atoms with van der Waals surface area (Å²) in [6, 6.07) is 15.8. The highest BCUT2D eigenvalue weighted by Crippen LogP contribution is 2.58. The van der Waals surface area contributed by atoms with E-state index in [0.717, 1.165) is 34.0 Å². The van der Waals surface area contributed by atoms with Crippen LogP contribution < -0.4 is 0 Å². The molecule has 2 aromatic rings. The molecule has 0 unspecified atom stereocenters. The number of amides is 1. The molecule has 32 heavy (non-hydrogen) atoms. The van der Waals surface area contributed by atoms with Crippen molar-refractivity contribution in [3.05, 3.63) is 69.7 Å². The Morgan fingerprint density at radius 1 is 1.09 bits per heavy atom. The Balaban J connectivity index is 1.38. The van der Waals surface area contributed by atoms with Crippen LogP contribution in [-0.2, 0) is 27.1 Å². The molecular formula is C26H30BrNO4. The van der Waals surface area contributed by atoms with Crippen LogP contribution in [0.5, 0.6) is 0 Å². The number of nitrogens with zero attached hydrogens (tertiary/aromatic N) is 1. The van der Waals surface area contributed by atoms with E-state index in [9.17, 15) is 9.90 Å². The third kappa shape index (κ3) is 3.66. The van der Waals surface area contributed by atoms with E-state index in [1.807, 2.05) is 48.5 Å². The first-order chi connectivity index (χ1) is 15.5. The van der Waals surface area contributed by atoms with Gasteiger partial charge in [-0.3, -0.25) is 0 Å². The van der Waals surface area contributed by atoms with Crippen molar-refractivity contribution in [3.63, 3.8) is 0 Å². The van der Waals surface area contributed by atoms with Gasteiger partial charge < -0.3 is 19.5 Å². The first kappa shape index (κ1) is 21.9. The molecule has 1 N–H and O–H groups in total. The quantitative estimate of drug-likeness (QED) is 0.632. The number of ether oxygens (including phenoxy) is 2. The molecule has 0 radical (unpaired) electrons. The summed E-state index contributed by atoms with van der Waals surface area (Å²) in [6.07, 6.45) is 6.11. The standard InChI is InChI=1S/C26H30BrNO4/c27-23-13-7-4-10-20(23)16-25(30)21-11-5-6-12-22(21)26(25)18-28(14-15-32-26)24(29)31-17-19-8-2-1-3-9-19/h4-7,10-13,19,30H,1-3,8-9,14-18H2/t25-,26-/m1/s1. The topological polar surface area (TPSA) is 59.0 Å². The molecule has 1 amide bonds. The molecule has 2 aliphatic carbocycles. The van der Waals surface area contributed by atoms with Gasteiger partial charge in [0.05, 0.1) is 19.8 Å². The molecular weight excluding hydrogens is 470 g/mol. The summed E-state index contributed by atoms with van der Waals surface area (Å²) >= 11 is 3.61. The van der Waals surface area contributed by atoms with Crippen molar-refractivity contribution in [2.75, 3.05) is 26.3 Å². The largest absolute Gasteiger partial charge is 0.449 e. The SMILES string of the molecule is O=C(OCC1CCCCC1)N1CCO[C@]2(C1)c1ccccc1[C@]2(O)Cc1ccccc1Br. The Labute approximate surface area is 197 Å². The number of hydrogen-bond acceptors (Lipinski definition) is 4. The van der Waals surface area contributed by atoms with Gasteiger partial charge in [-0.25, -0.2) is 4.79 Å². The number of hydrogen-bond donors (Lipinski definition) is 1. The lowest BCUT2D eigenvalue weighted by atomic mass is 9.57. The highest BCUT2D eigenvalue weighted by atomic mass is 79.9. The van der Waals surface area contributed by atoms with Crippen LogP contribution >= 0.6 is 15.9 Å². The van der Waals surface area contributed by atoms with Gasteiger partial charge in [-0.2, -0.15) is 0 Å². The summed E-state index contributed by atoms with van der Waals surface area (Å²) < 4.78 is 13.0. The monoisotopic (exact) mass is 499 g/mol. The zero-order chi connectivity index (χ0) is 22.2. The average Bonchev–Trinajstić information content (AvgIpc) is 2.84. The van der Waals surface area contributed by atoms with E-state index in [4.69, 9.17) is 9.47 Å². The van der Waals surface area contributed by atoms with Gasteiger partial charge >= 0.3 is 6.09 Å². The van der Waals surface area contributed by atoms with Gasteiger partial charge in [0.25, 0.3) is 0 Å². The molecule has 1 aliphatic heterocycles. The van der Waals surface area contributed by atoms with Crippen molar-refractivity contribution in [2.24, 2.45) is 5.92 Å². The number of carbonyl (C=O) groups is 1. The minimum Gasteiger partial charge on any atom is -0.449 e. The Bertz CT molecular complexity index is 991. The zero-order valence-electron chi connectivity index (χ0n) is 18.3. The normalized spacial score (nSPS) is 27.6. The molecule has 1 heterocycles. The maximum Gasteiger partial charge on any atom is 0.409 e. The molecule has 1 saturated carbocycles. The number of fused-ring (bicyclic) bond motifs is 2. The molecule has 0 bridgehead atoms. The van der Waals surface area contributed by atoms with E-state index in [2.05, 4.69) is 15.9 Å². The first-order valence-electron chi connectivity index (χ1n) is 11.6. The number of rotatable bonds is 4. The Morgan fingerprint density at radius 3 is 2.59 bits per heavy atom. The first-order valence-corrected chi connectivity index (χ1v) is 12.4. The second-order valence-electron chi connectivity index (χ2n) is 9.35. The van der Waals surface area contributed by atoms with Gasteiger partial charge in [0.2, 0.25) is 0 Å². The fourth-order valence-electron chi connectivity index (χ4n) is 5.66. The lowest BCUT2D eigenvalue weighted by molar-refractivity contribution is -0.250. The third-order valence-electron chi connectivity index (χ3n) is 7.43. The average molecular weight is 500 g/mol. The van der Waals surface area contributed by atoms with Crippen molar-refractivity contribution < 1.29 is 19.4 Å². The molecule has 2 fully saturated rings. The Hall–Kier alpha value is -1.89. The van der Waals surface area contributed by atoms with Crippen LogP contribution in [0.15, 0.2) is 53.0 Å². The van der Waals surface area contributed by atoms with E-state index in [-0.39, 0.29) is 12.6 Å². The molecule has 1 spiro atoms. The summed E-state index contributed by atoms with van der Waals surface area (Å²) in [5, 5.41) is 12.0. The second-order valence-corrected chi connectivity index (χ2v) is 10.2. The smallest absolute Gasteiger partial charge is 0.409 e. The zero-order valence-corrected chi connectivity index (χ0v) is 19.9. The maximum atomic E-state index is 13.0. The molecule has 3 aliphatic rings. The van der Waals surface area contributed by atoms with Crippen LogP contribution in [0.25, 0.3) is 0 Å². The van der Waals surface area contributed by atoms with Crippen LogP contribution in [0.4, 0.5) is 4.79 Å². The summed E-state index contributed by atoms with van der Waals surface area (Å²) in [5.74, 6) is 0.472. The van der Waals surface area contributed by atoms with Crippen LogP contribution in [0.3, 0.4) is 0 Å². The van der Waals surface area contributed by atoms with Gasteiger partial charge in [0.1, 0.15) is 11.2 Å². The number of morpholine rings is 1. The van der Waals surface area contributed by atoms with Gasteiger partial charge in [-0.05, 0) is 41.5 Å². The van der Waals surface area contributed by atoms with Gasteiger partial charge in [0, 0.05) is 17.4 Å². The van der Waals surface area contributed by atoms with Crippen molar-refractivity contribution >= 4 is 22.0 Å². The predicted octanol–water partition coefficient (Wildman–Crippen LogP) is 5.14. The Morgan fingerprint density at radius 2 is 1.81 bits per heavy atom. The summed E-state index contributed by atoms with van der Waals surface area (Å²) in [4.78, 5) is 14.7. The third-order valence-corrected chi connectivity index (χ3v) is 8.20. The lowest BCUT2D eigenvalue weighted by Crippen LogP contribution is -2.68. The van der Waals surface area contributed by atoms with Gasteiger partial charge in [-0.1, -0.05) is 77.7 Å². The van der Waals surface area contributed by atoms with Crippen LogP contribution in [0, 0.1) is 5.92 Å². The number of benzene rings is 2. The van der Waals surface area contributed by atoms with Crippen molar-refractivity contribution in [2.45, 2.75) is 49.7 Å². The van der Waals surface area contributed by atoms with E-state index < -0.39 is 11.2 Å². The Kier molecular flexibility index (Phi) is 6.03. The fourth-order valence-corrected chi connectivity index (χ4v) is 6.08. The number of aliphatic hydroxyl groups is 1. The van der Waals surface area contributed by atoms with Gasteiger partial charge in [-0.15, -0.1) is 0 Å². The molecule has 0 aromatic heterocycles. The highest BCUT2D eigenvalue weighted by Gasteiger charge is 2.65. The highest BCUT2D eigenvalue weighted by molar-refractivity contribution is 9.10. The van der Waals surface area contributed by atoms with Crippen molar-refractivity contribution in [3.8, 4) is 0 Å². The van der Waals surface area contributed by atoms with Crippen molar-refractivity contribution in [1.29, 1.82) is 0 Å². The number of carbonyl (C=O) groups excluding carboxylic acids is 1. The van der Waals surface area contributed by atoms with Crippen LogP contribution in [-0.4, -0.2) is 42.4 Å². The summed E-state index contributed by atoms with van der Waals surface area (Å²) in [6.45, 7) is 1.61. The van der Waals surface area contributed by atoms with Gasteiger partial charge in [0.15, 0.2) is 0 Å². The molecule has 170 valence electrons. The summed E-state index contributed by atoms with van der Waals surface area (Å²) in [7, 11) is 0. The molecule has 5 rings (SSSR count). The lowest BCUT2D eigenvalue weighted by Gasteiger charge is -2.59. The predicted molar refractivity (Wildman–Crippen MR) is 125 cm³/mol. The molecule has 5 nitrogen and oxygen atoms in total. The van der Waals surface area contributed by atoms with E-state index >= 15 is 0 Å². The van der Waals surface area contributed by atoms with E-state index in [1.165, 1.54) is 19.3 Å². The minimum atomic E-state index is -1.23. The molecule has 6 heteroatoms. The van der Waals surface area contributed by atoms with Crippen LogP contribution in [0.1, 0.15) is 48.8 Å². The van der Waals surface area contributed by atoms with Crippen LogP contribution in [0.2, 0.25) is 0 Å². The molecule has 2 atom stereocenters. The van der Waals surface area contributed by atoms with E-state index in [1.54, 1.807) is 4.90 Å². The maximum absolute atomic E-state index is 13.0. The summed E-state index contributed by atoms with van der Waals surface area (Å²) in [5.41, 5.74) is 0.647. The molecule has 2 aromatic carbocycles. The van der Waals surface area contributed by atoms with E-state index in [0.29, 0.717) is 32.1 Å². The molecule has 1 saturated heterocycles.